The summed E-state index contributed by atoms with van der Waals surface area (Å²) in [5, 5.41) is 0. The summed E-state index contributed by atoms with van der Waals surface area (Å²) in [5.74, 6) is -4.46. The molecule has 1 aliphatic carbocycles. The zero-order valence-electron chi connectivity index (χ0n) is 6.48. The Morgan fingerprint density at radius 3 is 1.13 bits per heavy atom. The van der Waals surface area contributed by atoms with Gasteiger partial charge in [-0.2, -0.15) is 35.1 Å². The van der Waals surface area contributed by atoms with E-state index in [0.717, 1.165) is 0 Å². The molecule has 0 spiro atoms. The molecule has 0 aromatic heterocycles. The molecule has 88 valence electrons. The Kier molecular flexibility index (Phi) is 2.12. The first kappa shape index (κ1) is 12.2. The van der Waals surface area contributed by atoms with Crippen LogP contribution in [0.3, 0.4) is 0 Å². The van der Waals surface area contributed by atoms with E-state index in [1.807, 2.05) is 0 Å². The normalized spacial score (nSPS) is 21.3. The Bertz CT molecular complexity index is 290. The van der Waals surface area contributed by atoms with Crippen molar-refractivity contribution in [2.24, 2.45) is 0 Å². The molecule has 1 rings (SSSR count). The summed E-state index contributed by atoms with van der Waals surface area (Å²) in [6.07, 6.45) is -13.6. The van der Waals surface area contributed by atoms with Crippen LogP contribution in [0.25, 0.3) is 0 Å². The summed E-state index contributed by atoms with van der Waals surface area (Å²) in [4.78, 5) is 0. The van der Waals surface area contributed by atoms with Crippen LogP contribution in [0.4, 0.5) is 39.5 Å². The molecule has 0 nitrogen and oxygen atoms in total. The Morgan fingerprint density at radius 2 is 1.07 bits per heavy atom. The van der Waals surface area contributed by atoms with Crippen LogP contribution in [0.1, 0.15) is 0 Å². The zero-order valence-corrected chi connectivity index (χ0v) is 6.48. The molecule has 0 unspecified atom stereocenters. The van der Waals surface area contributed by atoms with Crippen LogP contribution >= 0.6 is 0 Å². The van der Waals surface area contributed by atoms with E-state index in [4.69, 9.17) is 0 Å². The third kappa shape index (κ3) is 1.57. The van der Waals surface area contributed by atoms with Crippen LogP contribution in [0, 0.1) is 0 Å². The van der Waals surface area contributed by atoms with E-state index >= 15 is 0 Å². The topological polar surface area (TPSA) is 0 Å². The van der Waals surface area contributed by atoms with Gasteiger partial charge in [-0.15, -0.1) is 0 Å². The van der Waals surface area contributed by atoms with E-state index in [-0.39, 0.29) is 0 Å². The molecule has 0 amide bonds. The molecule has 0 aliphatic heterocycles. The van der Waals surface area contributed by atoms with Gasteiger partial charge in [-0.3, -0.25) is 0 Å². The van der Waals surface area contributed by atoms with Gasteiger partial charge in [0.1, 0.15) is 0 Å². The SMILES string of the molecule is FC1(F)C=C1C(F)(C(F)(F)F)C(F)(F)F. The second kappa shape index (κ2) is 2.62. The molecule has 0 radical (unpaired) electrons. The molecule has 0 heterocycles. The van der Waals surface area contributed by atoms with Crippen molar-refractivity contribution in [2.75, 3.05) is 0 Å². The first-order valence-corrected chi connectivity index (χ1v) is 3.28. The molecular weight excluding hydrogens is 243 g/mol. The highest BCUT2D eigenvalue weighted by Crippen LogP contribution is 2.60. The van der Waals surface area contributed by atoms with Gasteiger partial charge in [-0.25, -0.2) is 4.39 Å². The minimum absolute atomic E-state index is 0.700. The molecule has 1 aliphatic rings. The van der Waals surface area contributed by atoms with E-state index < -0.39 is 35.6 Å². The minimum atomic E-state index is -6.46. The maximum atomic E-state index is 12.7. The van der Waals surface area contributed by atoms with E-state index in [9.17, 15) is 39.5 Å². The maximum absolute atomic E-state index is 12.7. The van der Waals surface area contributed by atoms with E-state index in [0.29, 0.717) is 0 Å². The number of allylic oxidation sites excluding steroid dienone is 2. The second-order valence-corrected chi connectivity index (χ2v) is 2.83. The molecule has 0 atom stereocenters. The van der Waals surface area contributed by atoms with Gasteiger partial charge in [-0.1, -0.05) is 0 Å². The van der Waals surface area contributed by atoms with Gasteiger partial charge >= 0.3 is 18.0 Å². The summed E-state index contributed by atoms with van der Waals surface area (Å²) in [5.41, 5.74) is -8.57. The van der Waals surface area contributed by atoms with Crippen molar-refractivity contribution in [3.05, 3.63) is 11.6 Å². The maximum Gasteiger partial charge on any atom is 0.435 e. The first-order chi connectivity index (χ1) is 6.34. The molecule has 9 heteroatoms. The quantitative estimate of drug-likeness (QED) is 0.490. The highest BCUT2D eigenvalue weighted by atomic mass is 19.4. The number of alkyl halides is 9. The zero-order chi connectivity index (χ0) is 12.3. The van der Waals surface area contributed by atoms with Crippen molar-refractivity contribution < 1.29 is 39.5 Å². The fourth-order valence-corrected chi connectivity index (χ4v) is 0.940. The Balaban J connectivity index is 3.18. The fraction of sp³-hybridized carbons (Fsp3) is 0.667. The molecule has 0 saturated carbocycles. The highest BCUT2D eigenvalue weighted by molar-refractivity contribution is 5.47. The predicted octanol–water partition coefficient (Wildman–Crippen LogP) is 3.39. The smallest absolute Gasteiger partial charge is 0.218 e. The Labute approximate surface area is 76.4 Å². The number of halogens is 9. The second-order valence-electron chi connectivity index (χ2n) is 2.83. The fourth-order valence-electron chi connectivity index (χ4n) is 0.940. The van der Waals surface area contributed by atoms with Crippen LogP contribution < -0.4 is 0 Å². The lowest BCUT2D eigenvalue weighted by Crippen LogP contribution is -2.54. The van der Waals surface area contributed by atoms with Crippen LogP contribution in [-0.4, -0.2) is 23.9 Å². The number of hydrogen-bond acceptors (Lipinski definition) is 0. The van der Waals surface area contributed by atoms with Gasteiger partial charge in [-0.05, 0) is 6.08 Å². The van der Waals surface area contributed by atoms with E-state index in [1.165, 1.54) is 0 Å². The summed E-state index contributed by atoms with van der Waals surface area (Å²) < 4.78 is 107. The summed E-state index contributed by atoms with van der Waals surface area (Å²) in [7, 11) is 0. The van der Waals surface area contributed by atoms with Gasteiger partial charge in [0, 0.05) is 0 Å². The van der Waals surface area contributed by atoms with Gasteiger partial charge in [0.2, 0.25) is 0 Å². The first-order valence-electron chi connectivity index (χ1n) is 3.28. The summed E-state index contributed by atoms with van der Waals surface area (Å²) >= 11 is 0. The van der Waals surface area contributed by atoms with Crippen molar-refractivity contribution in [1.29, 1.82) is 0 Å². The van der Waals surface area contributed by atoms with Gasteiger partial charge in [0.15, 0.2) is 0 Å². The van der Waals surface area contributed by atoms with Gasteiger partial charge in [0.05, 0.1) is 5.57 Å². The van der Waals surface area contributed by atoms with Crippen LogP contribution in [0.5, 0.6) is 0 Å². The van der Waals surface area contributed by atoms with Crippen LogP contribution in [0.15, 0.2) is 11.6 Å². The molecule has 15 heavy (non-hydrogen) atoms. The number of rotatable bonds is 1. The Hall–Kier alpha value is -0.890. The third-order valence-electron chi connectivity index (χ3n) is 1.75. The average molecular weight is 244 g/mol. The number of hydrogen-bond donors (Lipinski definition) is 0. The summed E-state index contributed by atoms with van der Waals surface area (Å²) in [6, 6.07) is 0. The van der Waals surface area contributed by atoms with Crippen molar-refractivity contribution in [3.8, 4) is 0 Å². The van der Waals surface area contributed by atoms with Crippen molar-refractivity contribution in [2.45, 2.75) is 23.9 Å². The lowest BCUT2D eigenvalue weighted by atomic mass is 10.0. The van der Waals surface area contributed by atoms with E-state index in [1.54, 1.807) is 0 Å². The average Bonchev–Trinajstić information content (AvgIpc) is 2.53. The van der Waals surface area contributed by atoms with Gasteiger partial charge in [0.25, 0.3) is 5.92 Å². The van der Waals surface area contributed by atoms with Gasteiger partial charge < -0.3 is 0 Å². The molecule has 0 fully saturated rings. The van der Waals surface area contributed by atoms with Crippen LogP contribution in [-0.2, 0) is 0 Å². The monoisotopic (exact) mass is 244 g/mol. The van der Waals surface area contributed by atoms with Crippen LogP contribution in [0.2, 0.25) is 0 Å². The summed E-state index contributed by atoms with van der Waals surface area (Å²) in [6.45, 7) is 0. The molecule has 0 bridgehead atoms. The van der Waals surface area contributed by atoms with Crippen molar-refractivity contribution in [1.82, 2.24) is 0 Å². The van der Waals surface area contributed by atoms with Crippen molar-refractivity contribution in [3.63, 3.8) is 0 Å². The molecule has 0 N–H and O–H groups in total. The molecule has 0 aromatic rings. The lowest BCUT2D eigenvalue weighted by Gasteiger charge is -2.28. The standard InChI is InChI=1S/C6HF9/c7-3(8)1-2(3)4(9,5(10,11)12)6(13,14)15/h1H. The highest BCUT2D eigenvalue weighted by Gasteiger charge is 2.81. The molecular formula is C6HF9. The molecule has 0 saturated heterocycles. The van der Waals surface area contributed by atoms with E-state index in [2.05, 4.69) is 0 Å². The predicted molar refractivity (Wildman–Crippen MR) is 29.0 cm³/mol. The van der Waals surface area contributed by atoms with Crippen molar-refractivity contribution >= 4 is 0 Å². The third-order valence-corrected chi connectivity index (χ3v) is 1.75. The molecule has 0 aromatic carbocycles. The largest absolute Gasteiger partial charge is 0.435 e. The lowest BCUT2D eigenvalue weighted by molar-refractivity contribution is -0.327. The Morgan fingerprint density at radius 1 is 0.800 bits per heavy atom. The minimum Gasteiger partial charge on any atom is -0.218 e.